The molecule has 0 spiro atoms. The van der Waals surface area contributed by atoms with E-state index in [1.54, 1.807) is 0 Å². The van der Waals surface area contributed by atoms with Crippen LogP contribution in [0.4, 0.5) is 0 Å². The lowest BCUT2D eigenvalue weighted by molar-refractivity contribution is 0.362. The van der Waals surface area contributed by atoms with Crippen molar-refractivity contribution in [1.29, 1.82) is 0 Å². The van der Waals surface area contributed by atoms with Crippen molar-refractivity contribution in [3.63, 3.8) is 0 Å². The predicted octanol–water partition coefficient (Wildman–Crippen LogP) is 0.166. The molecular weight excluding hydrogens is 236 g/mol. The van der Waals surface area contributed by atoms with Gasteiger partial charge in [-0.25, -0.2) is 4.79 Å². The van der Waals surface area contributed by atoms with Gasteiger partial charge in [0.1, 0.15) is 6.54 Å². The molecule has 2 rings (SSSR count). The second-order valence-corrected chi connectivity index (χ2v) is 4.44. The molecule has 0 saturated carbocycles. The summed E-state index contributed by atoms with van der Waals surface area (Å²) in [6.45, 7) is 4.27. The molecule has 0 bridgehead atoms. The van der Waals surface area contributed by atoms with Crippen molar-refractivity contribution in [1.82, 2.24) is 19.7 Å². The first-order valence-corrected chi connectivity index (χ1v) is 5.66. The largest absolute Gasteiger partial charge is 0.337 e. The number of nitrogens with zero attached hydrogens (tertiary/aromatic N) is 3. The summed E-state index contributed by atoms with van der Waals surface area (Å²) in [7, 11) is 0. The second kappa shape index (κ2) is 4.99. The van der Waals surface area contributed by atoms with Gasteiger partial charge in [-0.15, -0.1) is 0 Å². The van der Waals surface area contributed by atoms with Crippen LogP contribution in [0.15, 0.2) is 26.4 Å². The number of aromatic amines is 1. The predicted molar refractivity (Wildman–Crippen MR) is 63.3 cm³/mol. The van der Waals surface area contributed by atoms with Crippen molar-refractivity contribution in [2.24, 2.45) is 5.92 Å². The highest BCUT2D eigenvalue weighted by Crippen LogP contribution is 2.05. The molecule has 0 saturated heterocycles. The highest BCUT2D eigenvalue weighted by Gasteiger charge is 2.09. The molecule has 0 unspecified atom stereocenters. The minimum Gasteiger partial charge on any atom is -0.337 e. The Kier molecular flexibility index (Phi) is 3.40. The first-order chi connectivity index (χ1) is 8.54. The molecule has 1 N–H and O–H groups in total. The summed E-state index contributed by atoms with van der Waals surface area (Å²) in [5.41, 5.74) is -0.923. The topological polar surface area (TPSA) is 93.8 Å². The van der Waals surface area contributed by atoms with Crippen molar-refractivity contribution in [2.45, 2.75) is 26.8 Å². The molecule has 0 aliphatic rings. The lowest BCUT2D eigenvalue weighted by Gasteiger charge is -1.99. The lowest BCUT2D eigenvalue weighted by Crippen LogP contribution is -2.28. The molecule has 0 aromatic carbocycles. The third kappa shape index (κ3) is 2.93. The van der Waals surface area contributed by atoms with Gasteiger partial charge in [0.2, 0.25) is 5.89 Å². The summed E-state index contributed by atoms with van der Waals surface area (Å²) in [5.74, 6) is 1.41. The first-order valence-electron chi connectivity index (χ1n) is 5.66. The number of rotatable bonds is 4. The van der Waals surface area contributed by atoms with Crippen LogP contribution < -0.4 is 11.2 Å². The Bertz CT molecular complexity index is 638. The van der Waals surface area contributed by atoms with Crippen LogP contribution in [0.2, 0.25) is 0 Å². The number of hydrogen-bond donors (Lipinski definition) is 1. The summed E-state index contributed by atoms with van der Waals surface area (Å²) in [5, 5.41) is 3.83. The Morgan fingerprint density at radius 1 is 1.44 bits per heavy atom. The zero-order valence-corrected chi connectivity index (χ0v) is 10.2. The van der Waals surface area contributed by atoms with E-state index in [9.17, 15) is 9.59 Å². The SMILES string of the molecule is CC(C)Cc1noc(Cn2ccc(=O)[nH]c2=O)n1. The van der Waals surface area contributed by atoms with E-state index in [0.29, 0.717) is 17.6 Å². The fraction of sp³-hybridized carbons (Fsp3) is 0.455. The molecule has 2 aromatic rings. The highest BCUT2D eigenvalue weighted by atomic mass is 16.5. The van der Waals surface area contributed by atoms with E-state index in [4.69, 9.17) is 4.52 Å². The third-order valence-corrected chi connectivity index (χ3v) is 2.30. The van der Waals surface area contributed by atoms with Gasteiger partial charge < -0.3 is 4.52 Å². The van der Waals surface area contributed by atoms with Gasteiger partial charge in [-0.1, -0.05) is 19.0 Å². The molecule has 2 aromatic heterocycles. The Hall–Kier alpha value is -2.18. The van der Waals surface area contributed by atoms with Crippen LogP contribution in [-0.2, 0) is 13.0 Å². The van der Waals surface area contributed by atoms with Crippen LogP contribution in [0.25, 0.3) is 0 Å². The Morgan fingerprint density at radius 3 is 2.89 bits per heavy atom. The summed E-state index contributed by atoms with van der Waals surface area (Å²) >= 11 is 0. The van der Waals surface area contributed by atoms with Gasteiger partial charge in [0.15, 0.2) is 5.82 Å². The fourth-order valence-corrected chi connectivity index (χ4v) is 1.52. The number of hydrogen-bond acceptors (Lipinski definition) is 5. The van der Waals surface area contributed by atoms with E-state index >= 15 is 0 Å². The van der Waals surface area contributed by atoms with Crippen LogP contribution in [-0.4, -0.2) is 19.7 Å². The van der Waals surface area contributed by atoms with Crippen LogP contribution in [0.5, 0.6) is 0 Å². The van der Waals surface area contributed by atoms with Crippen molar-refractivity contribution >= 4 is 0 Å². The van der Waals surface area contributed by atoms with Gasteiger partial charge in [0, 0.05) is 18.7 Å². The van der Waals surface area contributed by atoms with Crippen LogP contribution in [0, 0.1) is 5.92 Å². The van der Waals surface area contributed by atoms with Gasteiger partial charge in [0.05, 0.1) is 0 Å². The van der Waals surface area contributed by atoms with E-state index < -0.39 is 11.2 Å². The zero-order valence-electron chi connectivity index (χ0n) is 10.2. The number of nitrogens with one attached hydrogen (secondary N) is 1. The minimum atomic E-state index is -0.494. The lowest BCUT2D eigenvalue weighted by atomic mass is 10.1. The number of H-pyrrole nitrogens is 1. The maximum atomic E-state index is 11.4. The molecule has 96 valence electrons. The monoisotopic (exact) mass is 250 g/mol. The average molecular weight is 250 g/mol. The van der Waals surface area contributed by atoms with E-state index in [1.807, 2.05) is 0 Å². The fourth-order valence-electron chi connectivity index (χ4n) is 1.52. The Balaban J connectivity index is 2.16. The van der Waals surface area contributed by atoms with Gasteiger partial charge in [0.25, 0.3) is 5.56 Å². The summed E-state index contributed by atoms with van der Waals surface area (Å²) in [4.78, 5) is 28.7. The van der Waals surface area contributed by atoms with Crippen LogP contribution in [0.3, 0.4) is 0 Å². The van der Waals surface area contributed by atoms with Crippen LogP contribution >= 0.6 is 0 Å². The molecule has 2 heterocycles. The third-order valence-electron chi connectivity index (χ3n) is 2.30. The molecule has 0 aliphatic carbocycles. The second-order valence-electron chi connectivity index (χ2n) is 4.44. The minimum absolute atomic E-state index is 0.153. The molecule has 0 fully saturated rings. The van der Waals surface area contributed by atoms with Gasteiger partial charge in [-0.05, 0) is 5.92 Å². The first kappa shape index (κ1) is 12.3. The van der Waals surface area contributed by atoms with Gasteiger partial charge in [-0.3, -0.25) is 14.3 Å². The average Bonchev–Trinajstić information content (AvgIpc) is 2.69. The smallest absolute Gasteiger partial charge is 0.328 e. The van der Waals surface area contributed by atoms with Gasteiger partial charge >= 0.3 is 5.69 Å². The van der Waals surface area contributed by atoms with E-state index in [-0.39, 0.29) is 6.54 Å². The quantitative estimate of drug-likeness (QED) is 0.834. The summed E-state index contributed by atoms with van der Waals surface area (Å²) < 4.78 is 6.34. The van der Waals surface area contributed by atoms with E-state index in [0.717, 1.165) is 6.42 Å². The molecule has 7 nitrogen and oxygen atoms in total. The summed E-state index contributed by atoms with van der Waals surface area (Å²) in [6, 6.07) is 1.27. The van der Waals surface area contributed by atoms with Crippen molar-refractivity contribution in [2.75, 3.05) is 0 Å². The molecule has 0 radical (unpaired) electrons. The molecule has 0 amide bonds. The molecule has 18 heavy (non-hydrogen) atoms. The standard InChI is InChI=1S/C11H14N4O3/c1-7(2)5-8-12-10(18-14-8)6-15-4-3-9(16)13-11(15)17/h3-4,7H,5-6H2,1-2H3,(H,13,16,17). The Morgan fingerprint density at radius 2 is 2.22 bits per heavy atom. The molecule has 7 heteroatoms. The maximum Gasteiger partial charge on any atom is 0.328 e. The van der Waals surface area contributed by atoms with Crippen molar-refractivity contribution < 1.29 is 4.52 Å². The zero-order chi connectivity index (χ0) is 13.1. The molecule has 0 atom stereocenters. The van der Waals surface area contributed by atoms with Crippen LogP contribution in [0.1, 0.15) is 25.6 Å². The maximum absolute atomic E-state index is 11.4. The van der Waals surface area contributed by atoms with Crippen molar-refractivity contribution in [3.05, 3.63) is 44.8 Å². The molecule has 0 aliphatic heterocycles. The van der Waals surface area contributed by atoms with Crippen molar-refractivity contribution in [3.8, 4) is 0 Å². The Labute approximate surface area is 102 Å². The highest BCUT2D eigenvalue weighted by molar-refractivity contribution is 4.90. The number of aromatic nitrogens is 4. The molecular formula is C11H14N4O3. The van der Waals surface area contributed by atoms with E-state index in [1.165, 1.54) is 16.8 Å². The van der Waals surface area contributed by atoms with E-state index in [2.05, 4.69) is 29.0 Å². The van der Waals surface area contributed by atoms with Gasteiger partial charge in [-0.2, -0.15) is 4.98 Å². The summed E-state index contributed by atoms with van der Waals surface area (Å²) in [6.07, 6.45) is 2.12. The normalized spacial score (nSPS) is 11.1.